The van der Waals surface area contributed by atoms with E-state index in [-0.39, 0.29) is 137 Å². The number of hydrogen-bond donors (Lipinski definition) is 0. The second-order valence-corrected chi connectivity index (χ2v) is 0. The molecule has 6 heavy (non-hydrogen) atoms. The SMILES string of the molecule is [Al+3].[Br-].[Br-].[Br-].[Br-].[K+]. The predicted molar refractivity (Wildman–Crippen MR) is 5.75 cm³/mol. The van der Waals surface area contributed by atoms with Crippen LogP contribution in [0.5, 0.6) is 0 Å². The first-order valence-corrected chi connectivity index (χ1v) is 0. The van der Waals surface area contributed by atoms with Gasteiger partial charge >= 0.3 is 68.7 Å². The van der Waals surface area contributed by atoms with E-state index >= 15 is 0 Å². The van der Waals surface area contributed by atoms with E-state index in [0.29, 0.717) is 0 Å². The van der Waals surface area contributed by atoms with Crippen LogP contribution in [0.3, 0.4) is 0 Å². The average Bonchev–Trinajstić information content (AvgIpc) is 0. The van der Waals surface area contributed by atoms with Crippen molar-refractivity contribution in [1.29, 1.82) is 0 Å². The second-order valence-electron chi connectivity index (χ2n) is 0. The molecular formula is AlBr4K. The van der Waals surface area contributed by atoms with E-state index in [1.165, 1.54) is 0 Å². The minimum Gasteiger partial charge on any atom is -1.00 e. The van der Waals surface area contributed by atoms with Crippen molar-refractivity contribution in [2.45, 2.75) is 0 Å². The quantitative estimate of drug-likeness (QED) is 0.363. The van der Waals surface area contributed by atoms with E-state index in [9.17, 15) is 0 Å². The topological polar surface area (TPSA) is 0 Å². The minimum atomic E-state index is 0. The predicted octanol–water partition coefficient (Wildman–Crippen LogP) is -15.4. The zero-order valence-corrected chi connectivity index (χ0v) is 13.7. The molecule has 0 rings (SSSR count). The fourth-order valence-electron chi connectivity index (χ4n) is 0. The minimum absolute atomic E-state index is 0. The van der Waals surface area contributed by atoms with Gasteiger partial charge in [0.05, 0.1) is 0 Å². The van der Waals surface area contributed by atoms with Crippen molar-refractivity contribution >= 4 is 17.4 Å². The molecule has 0 aromatic heterocycles. The zero-order chi connectivity index (χ0) is 0. The average molecular weight is 386 g/mol. The van der Waals surface area contributed by atoms with E-state index in [4.69, 9.17) is 0 Å². The summed E-state index contributed by atoms with van der Waals surface area (Å²) in [7, 11) is 0. The maximum atomic E-state index is 0. The van der Waals surface area contributed by atoms with Crippen LogP contribution in [0.25, 0.3) is 0 Å². The molecule has 0 bridgehead atoms. The third-order valence-electron chi connectivity index (χ3n) is 0. The van der Waals surface area contributed by atoms with Gasteiger partial charge in [0, 0.05) is 0 Å². The summed E-state index contributed by atoms with van der Waals surface area (Å²) in [4.78, 5) is 0. The Morgan fingerprint density at radius 3 is 0.500 bits per heavy atom. The summed E-state index contributed by atoms with van der Waals surface area (Å²) >= 11 is 0. The number of rotatable bonds is 0. The summed E-state index contributed by atoms with van der Waals surface area (Å²) in [6.07, 6.45) is 0. The third kappa shape index (κ3) is 24.3. The molecule has 0 aromatic carbocycles. The zero-order valence-electron chi connectivity index (χ0n) is 3.09. The van der Waals surface area contributed by atoms with Crippen LogP contribution in [0, 0.1) is 0 Å². The molecule has 6 heteroatoms. The van der Waals surface area contributed by atoms with E-state index < -0.39 is 0 Å². The molecule has 0 amide bonds. The molecule has 0 spiro atoms. The Kier molecular flexibility index (Phi) is 296. The summed E-state index contributed by atoms with van der Waals surface area (Å²) in [6.45, 7) is 0. The fourth-order valence-corrected chi connectivity index (χ4v) is 0. The first-order valence-electron chi connectivity index (χ1n) is 0. The molecule has 0 fully saturated rings. The molecule has 0 heterocycles. The van der Waals surface area contributed by atoms with Gasteiger partial charge in [-0.15, -0.1) is 0 Å². The van der Waals surface area contributed by atoms with Crippen LogP contribution >= 0.6 is 0 Å². The largest absolute Gasteiger partial charge is 3.00 e. The Morgan fingerprint density at radius 1 is 0.500 bits per heavy atom. The Bertz CT molecular complexity index is 7.51. The van der Waals surface area contributed by atoms with E-state index in [2.05, 4.69) is 0 Å². The van der Waals surface area contributed by atoms with E-state index in [1.54, 1.807) is 0 Å². The molecule has 0 aliphatic carbocycles. The molecule has 0 unspecified atom stereocenters. The maximum Gasteiger partial charge on any atom is 3.00 e. The maximum absolute atomic E-state index is 0. The summed E-state index contributed by atoms with van der Waals surface area (Å²) in [5, 5.41) is 0. The third-order valence-corrected chi connectivity index (χ3v) is 0. The molecule has 0 aliphatic heterocycles. The summed E-state index contributed by atoms with van der Waals surface area (Å²) in [5.41, 5.74) is 0. The van der Waals surface area contributed by atoms with Crippen LogP contribution in [-0.4, -0.2) is 17.4 Å². The van der Waals surface area contributed by atoms with Gasteiger partial charge in [0.25, 0.3) is 0 Å². The van der Waals surface area contributed by atoms with Crippen LogP contribution in [0.1, 0.15) is 0 Å². The van der Waals surface area contributed by atoms with Crippen molar-refractivity contribution in [3.63, 3.8) is 0 Å². The first kappa shape index (κ1) is 49.8. The molecular weight excluding hydrogens is 386 g/mol. The Labute approximate surface area is 133 Å². The smallest absolute Gasteiger partial charge is 1.00 e. The second kappa shape index (κ2) is 35.6. The van der Waals surface area contributed by atoms with Gasteiger partial charge in [-0.3, -0.25) is 0 Å². The number of halogens is 4. The summed E-state index contributed by atoms with van der Waals surface area (Å²) in [6, 6.07) is 0. The van der Waals surface area contributed by atoms with Crippen LogP contribution in [0.2, 0.25) is 0 Å². The van der Waals surface area contributed by atoms with Crippen LogP contribution in [0.15, 0.2) is 0 Å². The first-order chi connectivity index (χ1) is 0. The summed E-state index contributed by atoms with van der Waals surface area (Å²) in [5.74, 6) is 0. The standard InChI is InChI=1S/Al.4BrH.K/h;4*1H;/q+3;;;;;+1/p-4. The Morgan fingerprint density at radius 2 is 0.500 bits per heavy atom. The van der Waals surface area contributed by atoms with Crippen molar-refractivity contribution in [2.75, 3.05) is 0 Å². The molecule has 0 saturated heterocycles. The van der Waals surface area contributed by atoms with Gasteiger partial charge in [-0.25, -0.2) is 0 Å². The van der Waals surface area contributed by atoms with Crippen molar-refractivity contribution in [1.82, 2.24) is 0 Å². The van der Waals surface area contributed by atoms with Crippen molar-refractivity contribution in [3.05, 3.63) is 0 Å². The molecule has 0 radical (unpaired) electrons. The molecule has 32 valence electrons. The molecule has 0 aromatic rings. The van der Waals surface area contributed by atoms with Crippen LogP contribution in [0.4, 0.5) is 0 Å². The molecule has 0 saturated carbocycles. The van der Waals surface area contributed by atoms with E-state index in [0.717, 1.165) is 0 Å². The van der Waals surface area contributed by atoms with Gasteiger partial charge in [-0.05, 0) is 0 Å². The summed E-state index contributed by atoms with van der Waals surface area (Å²) < 4.78 is 0. The molecule has 0 atom stereocenters. The van der Waals surface area contributed by atoms with Crippen molar-refractivity contribution in [3.8, 4) is 0 Å². The van der Waals surface area contributed by atoms with E-state index in [1.807, 2.05) is 0 Å². The normalized spacial score (nSPS) is 0. The van der Waals surface area contributed by atoms with Gasteiger partial charge in [0.1, 0.15) is 0 Å². The van der Waals surface area contributed by atoms with Crippen LogP contribution < -0.4 is 119 Å². The van der Waals surface area contributed by atoms with Gasteiger partial charge in [-0.2, -0.15) is 0 Å². The molecule has 0 N–H and O–H groups in total. The molecule has 0 aliphatic rings. The number of hydrogen-bond acceptors (Lipinski definition) is 0. The van der Waals surface area contributed by atoms with Crippen LogP contribution in [-0.2, 0) is 0 Å². The Balaban J connectivity index is 0. The van der Waals surface area contributed by atoms with Gasteiger partial charge in [-0.1, -0.05) is 0 Å². The van der Waals surface area contributed by atoms with Gasteiger partial charge in [0.2, 0.25) is 0 Å². The van der Waals surface area contributed by atoms with Gasteiger partial charge in [0.15, 0.2) is 0 Å². The molecule has 0 nitrogen and oxygen atoms in total. The monoisotopic (exact) mass is 382 g/mol. The van der Waals surface area contributed by atoms with Crippen molar-refractivity contribution in [2.24, 2.45) is 0 Å². The van der Waals surface area contributed by atoms with Gasteiger partial charge < -0.3 is 67.9 Å². The van der Waals surface area contributed by atoms with Crippen molar-refractivity contribution < 1.29 is 119 Å². The fraction of sp³-hybridized carbons (Fsp3) is 0. The Hall–Kier alpha value is 4.09.